The van der Waals surface area contributed by atoms with Gasteiger partial charge in [0.25, 0.3) is 0 Å². The molecule has 2 fully saturated rings. The second-order valence-corrected chi connectivity index (χ2v) is 9.06. The lowest BCUT2D eigenvalue weighted by Gasteiger charge is -2.26. The lowest BCUT2D eigenvalue weighted by Crippen LogP contribution is -2.37. The highest BCUT2D eigenvalue weighted by molar-refractivity contribution is 7.92. The van der Waals surface area contributed by atoms with Crippen molar-refractivity contribution >= 4 is 21.7 Å². The number of nitrogens with zero attached hydrogens (tertiary/aromatic N) is 1. The van der Waals surface area contributed by atoms with Crippen LogP contribution in [-0.2, 0) is 19.5 Å². The number of ether oxygens (including phenoxy) is 3. The molecule has 1 aromatic carbocycles. The fraction of sp³-hybridized carbons (Fsp3) is 0.632. The highest BCUT2D eigenvalue weighted by Crippen LogP contribution is 2.30. The van der Waals surface area contributed by atoms with Crippen molar-refractivity contribution in [3.8, 4) is 5.75 Å². The standard InChI is InChI=1S/C19H28N2O6S/c1-25-19(22)16-11-17(13-18(12-16)27-14-15-3-4-15)20-28(23,24)10-2-5-21-6-8-26-9-7-21/h11-13,15,20H,2-10,14H2,1H3. The zero-order chi connectivity index (χ0) is 20.0. The molecule has 0 bridgehead atoms. The van der Waals surface area contributed by atoms with Crippen LogP contribution in [0.3, 0.4) is 0 Å². The van der Waals surface area contributed by atoms with Crippen LogP contribution in [0.1, 0.15) is 29.6 Å². The number of sulfonamides is 1. The number of carbonyl (C=O) groups is 1. The third-order valence-corrected chi connectivity index (χ3v) is 6.15. The van der Waals surface area contributed by atoms with Crippen molar-refractivity contribution in [1.82, 2.24) is 4.90 Å². The average molecular weight is 413 g/mol. The number of carbonyl (C=O) groups excluding carboxylic acids is 1. The monoisotopic (exact) mass is 412 g/mol. The Hall–Kier alpha value is -1.84. The quantitative estimate of drug-likeness (QED) is 0.585. The second kappa shape index (κ2) is 9.58. The van der Waals surface area contributed by atoms with Gasteiger partial charge in [0, 0.05) is 19.2 Å². The number of anilines is 1. The summed E-state index contributed by atoms with van der Waals surface area (Å²) in [5.74, 6) is 0.470. The number of hydrogen-bond acceptors (Lipinski definition) is 7. The summed E-state index contributed by atoms with van der Waals surface area (Å²) in [6.07, 6.45) is 2.80. The third kappa shape index (κ3) is 6.65. The first-order chi connectivity index (χ1) is 13.4. The number of nitrogens with one attached hydrogen (secondary N) is 1. The molecule has 9 heteroatoms. The summed E-state index contributed by atoms with van der Waals surface area (Å²) in [6, 6.07) is 4.65. The van der Waals surface area contributed by atoms with Crippen LogP contribution >= 0.6 is 0 Å². The maximum absolute atomic E-state index is 12.5. The van der Waals surface area contributed by atoms with Crippen LogP contribution in [-0.4, -0.2) is 71.6 Å². The molecule has 2 aliphatic rings. The summed E-state index contributed by atoms with van der Waals surface area (Å²) in [4.78, 5) is 14.1. The van der Waals surface area contributed by atoms with E-state index in [-0.39, 0.29) is 11.3 Å². The molecule has 156 valence electrons. The molecule has 1 aromatic rings. The van der Waals surface area contributed by atoms with Crippen molar-refractivity contribution in [2.45, 2.75) is 19.3 Å². The molecular formula is C19H28N2O6S. The van der Waals surface area contributed by atoms with Gasteiger partial charge in [-0.1, -0.05) is 0 Å². The lowest BCUT2D eigenvalue weighted by atomic mass is 10.2. The van der Waals surface area contributed by atoms with Crippen LogP contribution in [0.4, 0.5) is 5.69 Å². The third-order valence-electron chi connectivity index (χ3n) is 4.77. The zero-order valence-electron chi connectivity index (χ0n) is 16.2. The predicted molar refractivity (Wildman–Crippen MR) is 105 cm³/mol. The Morgan fingerprint density at radius 3 is 2.68 bits per heavy atom. The van der Waals surface area contributed by atoms with Crippen LogP contribution in [0, 0.1) is 5.92 Å². The molecule has 1 saturated carbocycles. The number of rotatable bonds is 10. The summed E-state index contributed by atoms with van der Waals surface area (Å²) in [7, 11) is -2.25. The Bertz CT molecular complexity index is 773. The van der Waals surface area contributed by atoms with Crippen molar-refractivity contribution in [3.63, 3.8) is 0 Å². The molecule has 0 radical (unpaired) electrons. The molecule has 0 spiro atoms. The molecule has 8 nitrogen and oxygen atoms in total. The SMILES string of the molecule is COC(=O)c1cc(NS(=O)(=O)CCCN2CCOCC2)cc(OCC2CC2)c1. The Morgan fingerprint density at radius 2 is 2.00 bits per heavy atom. The summed E-state index contributed by atoms with van der Waals surface area (Å²) in [5.41, 5.74) is 0.557. The first-order valence-corrected chi connectivity index (χ1v) is 11.3. The topological polar surface area (TPSA) is 94.2 Å². The average Bonchev–Trinajstić information content (AvgIpc) is 3.50. The molecule has 1 saturated heterocycles. The molecular weight excluding hydrogens is 384 g/mol. The molecule has 0 amide bonds. The van der Waals surface area contributed by atoms with Gasteiger partial charge in [0.2, 0.25) is 10.0 Å². The van der Waals surface area contributed by atoms with Crippen LogP contribution in [0.2, 0.25) is 0 Å². The van der Waals surface area contributed by atoms with E-state index in [4.69, 9.17) is 14.2 Å². The number of morpholine rings is 1. The molecule has 1 aliphatic carbocycles. The van der Waals surface area contributed by atoms with Gasteiger partial charge in [-0.3, -0.25) is 9.62 Å². The van der Waals surface area contributed by atoms with E-state index in [1.165, 1.54) is 13.2 Å². The summed E-state index contributed by atoms with van der Waals surface area (Å²) < 4.78 is 43.3. The first-order valence-electron chi connectivity index (χ1n) is 9.62. The molecule has 28 heavy (non-hydrogen) atoms. The van der Waals surface area contributed by atoms with Crippen LogP contribution in [0.15, 0.2) is 18.2 Å². The highest BCUT2D eigenvalue weighted by atomic mass is 32.2. The van der Waals surface area contributed by atoms with E-state index in [0.29, 0.717) is 50.1 Å². The van der Waals surface area contributed by atoms with E-state index in [0.717, 1.165) is 25.9 Å². The van der Waals surface area contributed by atoms with Gasteiger partial charge in [0.15, 0.2) is 0 Å². The fourth-order valence-electron chi connectivity index (χ4n) is 3.01. The number of benzene rings is 1. The molecule has 1 heterocycles. The van der Waals surface area contributed by atoms with Crippen molar-refractivity contribution in [1.29, 1.82) is 0 Å². The number of esters is 1. The highest BCUT2D eigenvalue weighted by Gasteiger charge is 2.22. The van der Waals surface area contributed by atoms with E-state index in [1.807, 2.05) is 0 Å². The molecule has 0 aromatic heterocycles. The van der Waals surface area contributed by atoms with Gasteiger partial charge >= 0.3 is 5.97 Å². The Morgan fingerprint density at radius 1 is 1.25 bits per heavy atom. The number of hydrogen-bond donors (Lipinski definition) is 1. The van der Waals surface area contributed by atoms with Gasteiger partial charge in [-0.15, -0.1) is 0 Å². The van der Waals surface area contributed by atoms with E-state index < -0.39 is 16.0 Å². The molecule has 1 N–H and O–H groups in total. The van der Waals surface area contributed by atoms with Crippen LogP contribution in [0.5, 0.6) is 5.75 Å². The smallest absolute Gasteiger partial charge is 0.338 e. The normalized spacial score (nSPS) is 17.9. The van der Waals surface area contributed by atoms with Crippen LogP contribution in [0.25, 0.3) is 0 Å². The minimum Gasteiger partial charge on any atom is -0.493 e. The van der Waals surface area contributed by atoms with Crippen molar-refractivity contribution in [2.24, 2.45) is 5.92 Å². The number of methoxy groups -OCH3 is 1. The largest absolute Gasteiger partial charge is 0.493 e. The molecule has 1 aliphatic heterocycles. The van der Waals surface area contributed by atoms with Crippen molar-refractivity contribution in [2.75, 3.05) is 57.0 Å². The van der Waals surface area contributed by atoms with E-state index in [9.17, 15) is 13.2 Å². The molecule has 3 rings (SSSR count). The predicted octanol–water partition coefficient (Wildman–Crippen LogP) is 1.73. The summed E-state index contributed by atoms with van der Waals surface area (Å²) in [5, 5.41) is 0. The summed E-state index contributed by atoms with van der Waals surface area (Å²) in [6.45, 7) is 4.31. The van der Waals surface area contributed by atoms with E-state index in [2.05, 4.69) is 9.62 Å². The maximum atomic E-state index is 12.5. The first kappa shape index (κ1) is 20.9. The van der Waals surface area contributed by atoms with Gasteiger partial charge in [-0.05, 0) is 43.9 Å². The Balaban J connectivity index is 1.60. The molecule has 0 unspecified atom stereocenters. The fourth-order valence-corrected chi connectivity index (χ4v) is 4.10. The minimum absolute atomic E-state index is 0.00503. The van der Waals surface area contributed by atoms with Crippen molar-refractivity contribution in [3.05, 3.63) is 23.8 Å². The van der Waals surface area contributed by atoms with E-state index >= 15 is 0 Å². The lowest BCUT2D eigenvalue weighted by molar-refractivity contribution is 0.0381. The van der Waals surface area contributed by atoms with E-state index in [1.54, 1.807) is 12.1 Å². The second-order valence-electron chi connectivity index (χ2n) is 7.22. The zero-order valence-corrected chi connectivity index (χ0v) is 17.0. The van der Waals surface area contributed by atoms with Gasteiger partial charge in [0.05, 0.1) is 43.9 Å². The van der Waals surface area contributed by atoms with Crippen LogP contribution < -0.4 is 9.46 Å². The maximum Gasteiger partial charge on any atom is 0.338 e. The Kier molecular flexibility index (Phi) is 7.14. The Labute approximate surface area is 166 Å². The van der Waals surface area contributed by atoms with Crippen molar-refractivity contribution < 1.29 is 27.4 Å². The summed E-state index contributed by atoms with van der Waals surface area (Å²) >= 11 is 0. The van der Waals surface area contributed by atoms with Gasteiger partial charge in [-0.25, -0.2) is 13.2 Å². The molecule has 0 atom stereocenters. The van der Waals surface area contributed by atoms with Gasteiger partial charge in [0.1, 0.15) is 5.75 Å². The van der Waals surface area contributed by atoms with Gasteiger partial charge in [-0.2, -0.15) is 0 Å². The van der Waals surface area contributed by atoms with Gasteiger partial charge < -0.3 is 14.2 Å². The minimum atomic E-state index is -3.54.